The number of anilines is 3. The van der Waals surface area contributed by atoms with Crippen molar-refractivity contribution in [1.82, 2.24) is 15.0 Å². The van der Waals surface area contributed by atoms with Crippen LogP contribution in [0.4, 0.5) is 17.2 Å². The summed E-state index contributed by atoms with van der Waals surface area (Å²) >= 11 is 6.09. The van der Waals surface area contributed by atoms with Crippen molar-refractivity contribution < 1.29 is 4.74 Å². The lowest BCUT2D eigenvalue weighted by Gasteiger charge is -2.14. The van der Waals surface area contributed by atoms with Gasteiger partial charge in [-0.3, -0.25) is 0 Å². The number of aromatic nitrogens is 3. The number of benzene rings is 2. The molecule has 4 aromatic rings. The molecule has 0 amide bonds. The zero-order chi connectivity index (χ0) is 19.7. The number of hydrogen-bond acceptors (Lipinski definition) is 6. The van der Waals surface area contributed by atoms with Gasteiger partial charge in [0.05, 0.1) is 0 Å². The molecule has 0 aliphatic rings. The average Bonchev–Trinajstić information content (AvgIpc) is 2.68. The molecule has 28 heavy (non-hydrogen) atoms. The second-order valence-electron chi connectivity index (χ2n) is 6.41. The van der Waals surface area contributed by atoms with Gasteiger partial charge in [0.25, 0.3) is 0 Å². The molecule has 0 saturated heterocycles. The highest BCUT2D eigenvalue weighted by atomic mass is 35.5. The summed E-state index contributed by atoms with van der Waals surface area (Å²) in [5.74, 6) is 1.28. The number of hydrogen-bond donors (Lipinski definition) is 2. The molecule has 0 spiro atoms. The molecule has 2 heterocycles. The normalized spacial score (nSPS) is 10.8. The summed E-state index contributed by atoms with van der Waals surface area (Å²) in [5, 5.41) is 4.79. The largest absolute Gasteiger partial charge is 0.435 e. The standard InChI is InChI=1S/C21H18ClN5O/c1-12-6-9-15(22)10-16(12)27-20-18(23)21(25-11-24-20)28-17-5-3-4-14-8-7-13(2)26-19(14)17/h3-11H,23H2,1-2H3,(H,24,25,27). The second kappa shape index (κ2) is 7.32. The van der Waals surface area contributed by atoms with Crippen LogP contribution in [-0.4, -0.2) is 15.0 Å². The summed E-state index contributed by atoms with van der Waals surface area (Å²) in [6, 6.07) is 15.2. The topological polar surface area (TPSA) is 86.0 Å². The molecule has 0 saturated carbocycles. The Morgan fingerprint density at radius 1 is 1.04 bits per heavy atom. The third-order valence-corrected chi connectivity index (χ3v) is 4.56. The maximum atomic E-state index is 6.28. The van der Waals surface area contributed by atoms with Gasteiger partial charge in [0.15, 0.2) is 11.6 Å². The van der Waals surface area contributed by atoms with Gasteiger partial charge in [0, 0.05) is 21.8 Å². The number of rotatable bonds is 4. The lowest BCUT2D eigenvalue weighted by molar-refractivity contribution is 0.469. The van der Waals surface area contributed by atoms with E-state index in [0.29, 0.717) is 22.3 Å². The first-order valence-electron chi connectivity index (χ1n) is 8.69. The fourth-order valence-electron chi connectivity index (χ4n) is 2.82. The molecule has 0 fully saturated rings. The van der Waals surface area contributed by atoms with Crippen LogP contribution in [0.3, 0.4) is 0 Å². The van der Waals surface area contributed by atoms with Gasteiger partial charge in [-0.1, -0.05) is 35.9 Å². The minimum absolute atomic E-state index is 0.257. The highest BCUT2D eigenvalue weighted by Gasteiger charge is 2.14. The van der Waals surface area contributed by atoms with E-state index in [2.05, 4.69) is 20.3 Å². The van der Waals surface area contributed by atoms with Crippen molar-refractivity contribution in [2.75, 3.05) is 11.1 Å². The molecule has 0 atom stereocenters. The fraction of sp³-hybridized carbons (Fsp3) is 0.0952. The van der Waals surface area contributed by atoms with Gasteiger partial charge in [-0.2, -0.15) is 4.98 Å². The Kier molecular flexibility index (Phi) is 4.71. The minimum Gasteiger partial charge on any atom is -0.435 e. The van der Waals surface area contributed by atoms with E-state index in [1.807, 2.05) is 62.4 Å². The molecule has 0 unspecified atom stereocenters. The van der Waals surface area contributed by atoms with Gasteiger partial charge in [0.1, 0.15) is 17.5 Å². The number of aryl methyl sites for hydroxylation is 2. The van der Waals surface area contributed by atoms with Crippen LogP contribution < -0.4 is 15.8 Å². The van der Waals surface area contributed by atoms with Gasteiger partial charge in [-0.05, 0) is 43.7 Å². The molecule has 0 aliphatic carbocycles. The van der Waals surface area contributed by atoms with Crippen molar-refractivity contribution in [1.29, 1.82) is 0 Å². The van der Waals surface area contributed by atoms with Gasteiger partial charge in [-0.15, -0.1) is 0 Å². The van der Waals surface area contributed by atoms with Gasteiger partial charge >= 0.3 is 0 Å². The molecule has 0 bridgehead atoms. The zero-order valence-electron chi connectivity index (χ0n) is 15.4. The number of nitrogens with zero attached hydrogens (tertiary/aromatic N) is 3. The average molecular weight is 392 g/mol. The quantitative estimate of drug-likeness (QED) is 0.483. The summed E-state index contributed by atoms with van der Waals surface area (Å²) in [6.07, 6.45) is 1.40. The van der Waals surface area contributed by atoms with E-state index >= 15 is 0 Å². The van der Waals surface area contributed by atoms with Gasteiger partial charge in [0.2, 0.25) is 5.88 Å². The number of pyridine rings is 1. The number of fused-ring (bicyclic) bond motifs is 1. The summed E-state index contributed by atoms with van der Waals surface area (Å²) in [7, 11) is 0. The van der Waals surface area contributed by atoms with Crippen LogP contribution >= 0.6 is 11.6 Å². The van der Waals surface area contributed by atoms with Crippen molar-refractivity contribution in [2.24, 2.45) is 0 Å². The predicted molar refractivity (Wildman–Crippen MR) is 112 cm³/mol. The fourth-order valence-corrected chi connectivity index (χ4v) is 2.99. The number of nitrogens with one attached hydrogen (secondary N) is 1. The Hall–Kier alpha value is -3.38. The number of nitrogen functional groups attached to an aromatic ring is 1. The molecular weight excluding hydrogens is 374 g/mol. The molecule has 4 rings (SSSR count). The van der Waals surface area contributed by atoms with E-state index in [0.717, 1.165) is 27.8 Å². The number of nitrogens with two attached hydrogens (primary N) is 1. The predicted octanol–water partition coefficient (Wildman–Crippen LogP) is 5.41. The van der Waals surface area contributed by atoms with Crippen LogP contribution in [0.15, 0.2) is 54.9 Å². The van der Waals surface area contributed by atoms with Crippen LogP contribution in [0.2, 0.25) is 5.02 Å². The van der Waals surface area contributed by atoms with E-state index in [9.17, 15) is 0 Å². The summed E-state index contributed by atoms with van der Waals surface area (Å²) in [4.78, 5) is 13.0. The van der Waals surface area contributed by atoms with Crippen LogP contribution in [0.5, 0.6) is 11.6 Å². The summed E-state index contributed by atoms with van der Waals surface area (Å²) in [5.41, 5.74) is 10.0. The first-order valence-corrected chi connectivity index (χ1v) is 9.07. The van der Waals surface area contributed by atoms with E-state index in [-0.39, 0.29) is 5.88 Å². The number of ether oxygens (including phenoxy) is 1. The SMILES string of the molecule is Cc1ccc2cccc(Oc3ncnc(Nc4cc(Cl)ccc4C)c3N)c2n1. The Morgan fingerprint density at radius 2 is 1.89 bits per heavy atom. The van der Waals surface area contributed by atoms with E-state index < -0.39 is 0 Å². The molecular formula is C21H18ClN5O. The van der Waals surface area contributed by atoms with Crippen LogP contribution in [0, 0.1) is 13.8 Å². The molecule has 0 radical (unpaired) electrons. The van der Waals surface area contributed by atoms with Crippen molar-refractivity contribution in [2.45, 2.75) is 13.8 Å². The molecule has 2 aromatic heterocycles. The van der Waals surface area contributed by atoms with E-state index in [1.165, 1.54) is 6.33 Å². The highest BCUT2D eigenvalue weighted by molar-refractivity contribution is 6.30. The van der Waals surface area contributed by atoms with Crippen LogP contribution in [0.25, 0.3) is 10.9 Å². The summed E-state index contributed by atoms with van der Waals surface area (Å²) < 4.78 is 6.01. The smallest absolute Gasteiger partial charge is 0.248 e. The molecule has 7 heteroatoms. The maximum Gasteiger partial charge on any atom is 0.248 e. The Labute approximate surface area is 167 Å². The van der Waals surface area contributed by atoms with Gasteiger partial charge in [-0.25, -0.2) is 9.97 Å². The molecule has 0 aliphatic heterocycles. The van der Waals surface area contributed by atoms with Crippen molar-refractivity contribution in [3.05, 3.63) is 71.1 Å². The molecule has 2 aromatic carbocycles. The lowest BCUT2D eigenvalue weighted by atomic mass is 10.2. The van der Waals surface area contributed by atoms with Crippen molar-refractivity contribution in [3.8, 4) is 11.6 Å². The third-order valence-electron chi connectivity index (χ3n) is 4.33. The minimum atomic E-state index is 0.257. The molecule has 3 N–H and O–H groups in total. The lowest BCUT2D eigenvalue weighted by Crippen LogP contribution is -2.04. The second-order valence-corrected chi connectivity index (χ2v) is 6.84. The van der Waals surface area contributed by atoms with Gasteiger partial charge < -0.3 is 15.8 Å². The highest BCUT2D eigenvalue weighted by Crippen LogP contribution is 2.34. The molecule has 6 nitrogen and oxygen atoms in total. The first kappa shape index (κ1) is 18.0. The first-order chi connectivity index (χ1) is 13.5. The van der Waals surface area contributed by atoms with Crippen LogP contribution in [-0.2, 0) is 0 Å². The van der Waals surface area contributed by atoms with Crippen molar-refractivity contribution in [3.63, 3.8) is 0 Å². The van der Waals surface area contributed by atoms with E-state index in [1.54, 1.807) is 0 Å². The number of para-hydroxylation sites is 1. The van der Waals surface area contributed by atoms with Crippen LogP contribution in [0.1, 0.15) is 11.3 Å². The number of halogens is 1. The monoisotopic (exact) mass is 391 g/mol. The maximum absolute atomic E-state index is 6.28. The Morgan fingerprint density at radius 3 is 2.75 bits per heavy atom. The zero-order valence-corrected chi connectivity index (χ0v) is 16.2. The third kappa shape index (κ3) is 3.54. The molecule has 140 valence electrons. The van der Waals surface area contributed by atoms with Crippen molar-refractivity contribution >= 4 is 39.7 Å². The Bertz CT molecular complexity index is 1180. The Balaban J connectivity index is 1.70. The van der Waals surface area contributed by atoms with E-state index in [4.69, 9.17) is 22.1 Å². The summed E-state index contributed by atoms with van der Waals surface area (Å²) in [6.45, 7) is 3.90.